The third kappa shape index (κ3) is 2.71. The van der Waals surface area contributed by atoms with E-state index in [1.54, 1.807) is 0 Å². The Morgan fingerprint density at radius 1 is 1.24 bits per heavy atom. The summed E-state index contributed by atoms with van der Waals surface area (Å²) in [7, 11) is 1.93. The van der Waals surface area contributed by atoms with Gasteiger partial charge in [-0.3, -0.25) is 4.79 Å². The van der Waals surface area contributed by atoms with Crippen LogP contribution in [0.2, 0.25) is 0 Å². The van der Waals surface area contributed by atoms with Crippen LogP contribution in [0.15, 0.2) is 30.3 Å². The molecule has 0 saturated heterocycles. The van der Waals surface area contributed by atoms with Crippen LogP contribution in [0.25, 0.3) is 0 Å². The van der Waals surface area contributed by atoms with Crippen LogP contribution >= 0.6 is 0 Å². The smallest absolute Gasteiger partial charge is 0.232 e. The third-order valence-corrected chi connectivity index (χ3v) is 5.28. The molecule has 0 unspecified atom stereocenters. The van der Waals surface area contributed by atoms with E-state index in [-0.39, 0.29) is 17.4 Å². The molecule has 114 valence electrons. The second kappa shape index (κ2) is 5.80. The number of aliphatic hydroxyl groups is 1. The monoisotopic (exact) mass is 287 g/mol. The van der Waals surface area contributed by atoms with Gasteiger partial charge >= 0.3 is 0 Å². The summed E-state index contributed by atoms with van der Waals surface area (Å²) >= 11 is 0. The van der Waals surface area contributed by atoms with Crippen molar-refractivity contribution in [2.24, 2.45) is 5.92 Å². The van der Waals surface area contributed by atoms with Gasteiger partial charge in [0.2, 0.25) is 5.91 Å². The van der Waals surface area contributed by atoms with E-state index in [1.807, 2.05) is 30.1 Å². The molecule has 0 radical (unpaired) electrons. The SMILES string of the molecule is CN(CC1CC(O)C1)C(=O)C1(c2ccccc2)CCCC1. The zero-order valence-electron chi connectivity index (χ0n) is 12.8. The highest BCUT2D eigenvalue weighted by Crippen LogP contribution is 2.42. The van der Waals surface area contributed by atoms with Gasteiger partial charge in [0.05, 0.1) is 11.5 Å². The lowest BCUT2D eigenvalue weighted by atomic mass is 9.76. The number of rotatable bonds is 4. The van der Waals surface area contributed by atoms with Gasteiger partial charge in [-0.2, -0.15) is 0 Å². The number of nitrogens with zero attached hydrogens (tertiary/aromatic N) is 1. The molecule has 1 amide bonds. The van der Waals surface area contributed by atoms with E-state index in [2.05, 4.69) is 12.1 Å². The van der Waals surface area contributed by atoms with Crippen LogP contribution in [-0.4, -0.2) is 35.6 Å². The number of hydrogen-bond donors (Lipinski definition) is 1. The van der Waals surface area contributed by atoms with E-state index in [0.717, 1.165) is 45.1 Å². The summed E-state index contributed by atoms with van der Waals surface area (Å²) in [6.07, 6.45) is 5.74. The molecule has 0 heterocycles. The lowest BCUT2D eigenvalue weighted by Gasteiger charge is -2.38. The van der Waals surface area contributed by atoms with Gasteiger partial charge in [0.25, 0.3) is 0 Å². The number of carbonyl (C=O) groups excluding carboxylic acids is 1. The fraction of sp³-hybridized carbons (Fsp3) is 0.611. The topological polar surface area (TPSA) is 40.5 Å². The van der Waals surface area contributed by atoms with Gasteiger partial charge < -0.3 is 10.0 Å². The lowest BCUT2D eigenvalue weighted by molar-refractivity contribution is -0.137. The average molecular weight is 287 g/mol. The van der Waals surface area contributed by atoms with Crippen LogP contribution in [-0.2, 0) is 10.2 Å². The molecule has 1 N–H and O–H groups in total. The Bertz CT molecular complexity index is 487. The molecule has 3 heteroatoms. The van der Waals surface area contributed by atoms with E-state index < -0.39 is 0 Å². The molecule has 3 rings (SSSR count). The molecular weight excluding hydrogens is 262 g/mol. The molecule has 21 heavy (non-hydrogen) atoms. The second-order valence-electron chi connectivity index (χ2n) is 6.83. The summed E-state index contributed by atoms with van der Waals surface area (Å²) in [5.74, 6) is 0.746. The van der Waals surface area contributed by atoms with Crippen molar-refractivity contribution in [1.82, 2.24) is 4.90 Å². The maximum Gasteiger partial charge on any atom is 0.232 e. The summed E-state index contributed by atoms with van der Waals surface area (Å²) in [5.41, 5.74) is 0.867. The van der Waals surface area contributed by atoms with Gasteiger partial charge in [0, 0.05) is 13.6 Å². The van der Waals surface area contributed by atoms with E-state index in [9.17, 15) is 9.90 Å². The Labute approximate surface area is 127 Å². The second-order valence-corrected chi connectivity index (χ2v) is 6.83. The molecule has 0 aliphatic heterocycles. The molecule has 2 fully saturated rings. The first-order chi connectivity index (χ1) is 10.1. The average Bonchev–Trinajstić information content (AvgIpc) is 2.96. The molecular formula is C18H25NO2. The normalized spacial score (nSPS) is 27.1. The fourth-order valence-corrected chi connectivity index (χ4v) is 4.05. The van der Waals surface area contributed by atoms with Crippen LogP contribution < -0.4 is 0 Å². The maximum absolute atomic E-state index is 13.1. The summed E-state index contributed by atoms with van der Waals surface area (Å²) in [6.45, 7) is 0.782. The Morgan fingerprint density at radius 2 is 1.86 bits per heavy atom. The van der Waals surface area contributed by atoms with E-state index >= 15 is 0 Å². The largest absolute Gasteiger partial charge is 0.393 e. The molecule has 1 aromatic rings. The minimum atomic E-state index is -0.307. The zero-order valence-corrected chi connectivity index (χ0v) is 12.8. The van der Waals surface area contributed by atoms with E-state index in [0.29, 0.717) is 5.92 Å². The highest BCUT2D eigenvalue weighted by Gasteiger charge is 2.44. The minimum absolute atomic E-state index is 0.145. The van der Waals surface area contributed by atoms with Gasteiger partial charge in [0.1, 0.15) is 0 Å². The summed E-state index contributed by atoms with van der Waals surface area (Å²) in [6, 6.07) is 10.3. The Kier molecular flexibility index (Phi) is 4.03. The van der Waals surface area contributed by atoms with E-state index in [4.69, 9.17) is 0 Å². The molecule has 2 saturated carbocycles. The Morgan fingerprint density at radius 3 is 2.43 bits per heavy atom. The molecule has 0 bridgehead atoms. The van der Waals surface area contributed by atoms with Crippen LogP contribution in [0.5, 0.6) is 0 Å². The summed E-state index contributed by atoms with van der Waals surface area (Å²) < 4.78 is 0. The van der Waals surface area contributed by atoms with Crippen molar-refractivity contribution in [3.8, 4) is 0 Å². The van der Waals surface area contributed by atoms with Crippen molar-refractivity contribution >= 4 is 5.91 Å². The number of hydrogen-bond acceptors (Lipinski definition) is 2. The van der Waals surface area contributed by atoms with Gasteiger partial charge in [-0.1, -0.05) is 43.2 Å². The Balaban J connectivity index is 1.76. The fourth-order valence-electron chi connectivity index (χ4n) is 4.05. The number of carbonyl (C=O) groups is 1. The van der Waals surface area contributed by atoms with Crippen molar-refractivity contribution in [2.75, 3.05) is 13.6 Å². The molecule has 2 aliphatic carbocycles. The quantitative estimate of drug-likeness (QED) is 0.925. The van der Waals surface area contributed by atoms with Crippen LogP contribution in [0.4, 0.5) is 0 Å². The summed E-state index contributed by atoms with van der Waals surface area (Å²) in [4.78, 5) is 15.0. The summed E-state index contributed by atoms with van der Waals surface area (Å²) in [5, 5.41) is 9.41. The first-order valence-corrected chi connectivity index (χ1v) is 8.11. The molecule has 3 nitrogen and oxygen atoms in total. The highest BCUT2D eigenvalue weighted by molar-refractivity contribution is 5.88. The molecule has 0 aromatic heterocycles. The maximum atomic E-state index is 13.1. The molecule has 0 spiro atoms. The first kappa shape index (κ1) is 14.6. The Hall–Kier alpha value is -1.35. The minimum Gasteiger partial charge on any atom is -0.393 e. The van der Waals surface area contributed by atoms with Gasteiger partial charge in [-0.25, -0.2) is 0 Å². The third-order valence-electron chi connectivity index (χ3n) is 5.28. The van der Waals surface area contributed by atoms with Crippen molar-refractivity contribution in [3.05, 3.63) is 35.9 Å². The molecule has 2 aliphatic rings. The molecule has 1 aromatic carbocycles. The predicted molar refractivity (Wildman–Crippen MR) is 83.0 cm³/mol. The van der Waals surface area contributed by atoms with Gasteiger partial charge in [0.15, 0.2) is 0 Å². The van der Waals surface area contributed by atoms with Crippen molar-refractivity contribution in [3.63, 3.8) is 0 Å². The number of likely N-dealkylation sites (N-methyl/N-ethyl adjacent to an activating group) is 1. The van der Waals surface area contributed by atoms with E-state index in [1.165, 1.54) is 5.56 Å². The van der Waals surface area contributed by atoms with Crippen molar-refractivity contribution in [2.45, 2.75) is 50.0 Å². The van der Waals surface area contributed by atoms with Gasteiger partial charge in [-0.15, -0.1) is 0 Å². The van der Waals surface area contributed by atoms with Gasteiger partial charge in [-0.05, 0) is 37.2 Å². The predicted octanol–water partition coefficient (Wildman–Crippen LogP) is 2.73. The van der Waals surface area contributed by atoms with Crippen LogP contribution in [0.1, 0.15) is 44.1 Å². The standard InChI is InChI=1S/C18H25NO2/c1-19(13-14-11-16(20)12-14)17(21)18(9-5-6-10-18)15-7-3-2-4-8-15/h2-4,7-8,14,16,20H,5-6,9-13H2,1H3. The number of amides is 1. The first-order valence-electron chi connectivity index (χ1n) is 8.11. The highest BCUT2D eigenvalue weighted by atomic mass is 16.3. The zero-order chi connectivity index (χ0) is 14.9. The number of aliphatic hydroxyl groups excluding tert-OH is 1. The molecule has 0 atom stereocenters. The lowest BCUT2D eigenvalue weighted by Crippen LogP contribution is -2.47. The number of benzene rings is 1. The van der Waals surface area contributed by atoms with Crippen LogP contribution in [0, 0.1) is 5.92 Å². The van der Waals surface area contributed by atoms with Crippen LogP contribution in [0.3, 0.4) is 0 Å². The van der Waals surface area contributed by atoms with Crippen molar-refractivity contribution < 1.29 is 9.90 Å². The van der Waals surface area contributed by atoms with Crippen molar-refractivity contribution in [1.29, 1.82) is 0 Å².